The molecule has 0 aliphatic heterocycles. The molecule has 17 heavy (non-hydrogen) atoms. The number of nitrogens with two attached hydrogens (primary N) is 1. The maximum Gasteiger partial charge on any atom is 0.219 e. The van der Waals surface area contributed by atoms with Crippen molar-refractivity contribution >= 4 is 17.3 Å². The predicted octanol–water partition coefficient (Wildman–Crippen LogP) is 3.12. The number of nitrogen functional groups attached to an aromatic ring is 1. The van der Waals surface area contributed by atoms with Crippen molar-refractivity contribution in [1.82, 2.24) is 4.98 Å². The molecule has 5 heteroatoms. The molecule has 0 saturated carbocycles. The lowest BCUT2D eigenvalue weighted by atomic mass is 10.3. The van der Waals surface area contributed by atoms with Gasteiger partial charge in [-0.1, -0.05) is 11.6 Å². The van der Waals surface area contributed by atoms with E-state index < -0.39 is 0 Å². The topological polar surface area (TPSA) is 57.4 Å². The zero-order valence-corrected chi connectivity index (χ0v) is 9.94. The highest BCUT2D eigenvalue weighted by Gasteiger charge is 2.03. The van der Waals surface area contributed by atoms with Gasteiger partial charge in [-0.15, -0.1) is 0 Å². The number of benzene rings is 1. The number of halogens is 1. The Morgan fingerprint density at radius 1 is 1.24 bits per heavy atom. The van der Waals surface area contributed by atoms with Crippen LogP contribution in [-0.4, -0.2) is 12.1 Å². The molecule has 0 radical (unpaired) electrons. The SMILES string of the molecule is COc1ccc(Oc2ccc(Cl)cn2)cc1N. The van der Waals surface area contributed by atoms with E-state index in [1.54, 1.807) is 37.4 Å². The molecule has 1 aromatic carbocycles. The van der Waals surface area contributed by atoms with Gasteiger partial charge >= 0.3 is 0 Å². The zero-order chi connectivity index (χ0) is 12.3. The van der Waals surface area contributed by atoms with Gasteiger partial charge in [0.1, 0.15) is 11.5 Å². The first-order valence-electron chi connectivity index (χ1n) is 4.92. The molecule has 0 spiro atoms. The van der Waals surface area contributed by atoms with Crippen molar-refractivity contribution in [3.05, 3.63) is 41.6 Å². The number of methoxy groups -OCH3 is 1. The molecule has 2 rings (SSSR count). The van der Waals surface area contributed by atoms with Crippen LogP contribution in [-0.2, 0) is 0 Å². The average molecular weight is 251 g/mol. The first kappa shape index (κ1) is 11.5. The van der Waals surface area contributed by atoms with Gasteiger partial charge in [0, 0.05) is 18.3 Å². The summed E-state index contributed by atoms with van der Waals surface area (Å²) in [6.45, 7) is 0. The van der Waals surface area contributed by atoms with E-state index >= 15 is 0 Å². The average Bonchev–Trinajstić information content (AvgIpc) is 2.32. The van der Waals surface area contributed by atoms with Gasteiger partial charge in [0.05, 0.1) is 17.8 Å². The predicted molar refractivity (Wildman–Crippen MR) is 66.7 cm³/mol. The Hall–Kier alpha value is -1.94. The van der Waals surface area contributed by atoms with Crippen molar-refractivity contribution < 1.29 is 9.47 Å². The Bertz CT molecular complexity index is 514. The molecule has 0 aliphatic carbocycles. The van der Waals surface area contributed by atoms with E-state index in [9.17, 15) is 0 Å². The number of ether oxygens (including phenoxy) is 2. The molecule has 4 nitrogen and oxygen atoms in total. The second-order valence-corrected chi connectivity index (χ2v) is 3.76. The van der Waals surface area contributed by atoms with Crippen LogP contribution in [0.25, 0.3) is 0 Å². The first-order chi connectivity index (χ1) is 8.19. The Morgan fingerprint density at radius 2 is 2.06 bits per heavy atom. The number of hydrogen-bond acceptors (Lipinski definition) is 4. The summed E-state index contributed by atoms with van der Waals surface area (Å²) in [5.74, 6) is 1.67. The second kappa shape index (κ2) is 4.93. The Labute approximate surface area is 104 Å². The molecule has 0 unspecified atom stereocenters. The molecule has 0 atom stereocenters. The molecule has 1 aromatic heterocycles. The zero-order valence-electron chi connectivity index (χ0n) is 9.18. The van der Waals surface area contributed by atoms with Crippen LogP contribution in [0.5, 0.6) is 17.4 Å². The van der Waals surface area contributed by atoms with Gasteiger partial charge in [0.25, 0.3) is 0 Å². The van der Waals surface area contributed by atoms with E-state index in [0.29, 0.717) is 28.1 Å². The summed E-state index contributed by atoms with van der Waals surface area (Å²) in [5.41, 5.74) is 6.28. The number of aromatic nitrogens is 1. The molecule has 2 N–H and O–H groups in total. The summed E-state index contributed by atoms with van der Waals surface area (Å²) in [6.07, 6.45) is 1.52. The first-order valence-corrected chi connectivity index (χ1v) is 5.30. The molecule has 0 saturated heterocycles. The Balaban J connectivity index is 2.19. The lowest BCUT2D eigenvalue weighted by molar-refractivity contribution is 0.414. The third kappa shape index (κ3) is 2.79. The minimum absolute atomic E-state index is 0.457. The largest absolute Gasteiger partial charge is 0.495 e. The third-order valence-electron chi connectivity index (χ3n) is 2.12. The smallest absolute Gasteiger partial charge is 0.219 e. The molecular formula is C12H11ClN2O2. The normalized spacial score (nSPS) is 10.0. The van der Waals surface area contributed by atoms with Crippen LogP contribution in [0.2, 0.25) is 5.02 Å². The van der Waals surface area contributed by atoms with Crippen LogP contribution in [0.4, 0.5) is 5.69 Å². The van der Waals surface area contributed by atoms with Crippen molar-refractivity contribution in [3.63, 3.8) is 0 Å². The third-order valence-corrected chi connectivity index (χ3v) is 2.35. The van der Waals surface area contributed by atoms with Gasteiger partial charge in [0.2, 0.25) is 5.88 Å². The molecule has 88 valence electrons. The number of rotatable bonds is 3. The van der Waals surface area contributed by atoms with E-state index in [1.807, 2.05) is 0 Å². The van der Waals surface area contributed by atoms with E-state index in [0.717, 1.165) is 0 Å². The summed E-state index contributed by atoms with van der Waals surface area (Å²) >= 11 is 5.72. The molecule has 0 bridgehead atoms. The lowest BCUT2D eigenvalue weighted by Gasteiger charge is -2.08. The minimum Gasteiger partial charge on any atom is -0.495 e. The Kier molecular flexibility index (Phi) is 3.35. The number of pyridine rings is 1. The van der Waals surface area contributed by atoms with E-state index in [2.05, 4.69) is 4.98 Å². The van der Waals surface area contributed by atoms with Crippen molar-refractivity contribution in [2.45, 2.75) is 0 Å². The molecule has 0 fully saturated rings. The van der Waals surface area contributed by atoms with Gasteiger partial charge in [0.15, 0.2) is 0 Å². The van der Waals surface area contributed by atoms with Crippen molar-refractivity contribution in [3.8, 4) is 17.4 Å². The quantitative estimate of drug-likeness (QED) is 0.851. The van der Waals surface area contributed by atoms with Crippen LogP contribution in [0, 0.1) is 0 Å². The van der Waals surface area contributed by atoms with Gasteiger partial charge in [-0.3, -0.25) is 0 Å². The maximum absolute atomic E-state index is 5.76. The van der Waals surface area contributed by atoms with E-state index in [1.165, 1.54) is 6.20 Å². The molecule has 1 heterocycles. The highest BCUT2D eigenvalue weighted by Crippen LogP contribution is 2.28. The summed E-state index contributed by atoms with van der Waals surface area (Å²) in [6, 6.07) is 8.56. The molecular weight excluding hydrogens is 240 g/mol. The van der Waals surface area contributed by atoms with Crippen LogP contribution in [0.3, 0.4) is 0 Å². The standard InChI is InChI=1S/C12H11ClN2O2/c1-16-11-4-3-9(6-10(11)14)17-12-5-2-8(13)7-15-12/h2-7H,14H2,1H3. The number of hydrogen-bond donors (Lipinski definition) is 1. The maximum atomic E-state index is 5.76. The van der Waals surface area contributed by atoms with Gasteiger partial charge < -0.3 is 15.2 Å². The highest BCUT2D eigenvalue weighted by atomic mass is 35.5. The fourth-order valence-electron chi connectivity index (χ4n) is 1.32. The Morgan fingerprint density at radius 3 is 2.65 bits per heavy atom. The molecule has 2 aromatic rings. The summed E-state index contributed by atoms with van der Waals surface area (Å²) in [4.78, 5) is 4.02. The fraction of sp³-hybridized carbons (Fsp3) is 0.0833. The molecule has 0 amide bonds. The molecule has 0 aliphatic rings. The highest BCUT2D eigenvalue weighted by molar-refractivity contribution is 6.30. The monoisotopic (exact) mass is 250 g/mol. The lowest BCUT2D eigenvalue weighted by Crippen LogP contribution is -1.93. The van der Waals surface area contributed by atoms with Crippen molar-refractivity contribution in [2.24, 2.45) is 0 Å². The van der Waals surface area contributed by atoms with Crippen LogP contribution < -0.4 is 15.2 Å². The van der Waals surface area contributed by atoms with Crippen LogP contribution in [0.15, 0.2) is 36.5 Å². The van der Waals surface area contributed by atoms with Crippen molar-refractivity contribution in [1.29, 1.82) is 0 Å². The second-order valence-electron chi connectivity index (χ2n) is 3.32. The van der Waals surface area contributed by atoms with Crippen LogP contribution >= 0.6 is 11.6 Å². The van der Waals surface area contributed by atoms with Gasteiger partial charge in [-0.05, 0) is 18.2 Å². The number of nitrogens with zero attached hydrogens (tertiary/aromatic N) is 1. The minimum atomic E-state index is 0.457. The fourth-order valence-corrected chi connectivity index (χ4v) is 1.43. The van der Waals surface area contributed by atoms with Gasteiger partial charge in [-0.25, -0.2) is 4.98 Å². The van der Waals surface area contributed by atoms with Crippen molar-refractivity contribution in [2.75, 3.05) is 12.8 Å². The van der Waals surface area contributed by atoms with E-state index in [-0.39, 0.29) is 0 Å². The summed E-state index contributed by atoms with van der Waals surface area (Å²) in [5, 5.41) is 0.562. The van der Waals surface area contributed by atoms with Crippen LogP contribution in [0.1, 0.15) is 0 Å². The van der Waals surface area contributed by atoms with E-state index in [4.69, 9.17) is 26.8 Å². The van der Waals surface area contributed by atoms with Gasteiger partial charge in [-0.2, -0.15) is 0 Å². The summed E-state index contributed by atoms with van der Waals surface area (Å²) in [7, 11) is 1.56. The summed E-state index contributed by atoms with van der Waals surface area (Å²) < 4.78 is 10.6. The number of anilines is 1.